The zero-order valence-corrected chi connectivity index (χ0v) is 17.3. The predicted octanol–water partition coefficient (Wildman–Crippen LogP) is 5.94. The third-order valence-corrected chi connectivity index (χ3v) is 6.10. The molecular formula is C29H22F2. The van der Waals surface area contributed by atoms with Crippen molar-refractivity contribution in [3.8, 4) is 11.1 Å². The first-order valence-corrected chi connectivity index (χ1v) is 10.5. The molecule has 31 heavy (non-hydrogen) atoms. The van der Waals surface area contributed by atoms with Crippen molar-refractivity contribution in [2.45, 2.75) is 19.8 Å². The van der Waals surface area contributed by atoms with E-state index in [0.717, 1.165) is 38.6 Å². The van der Waals surface area contributed by atoms with Gasteiger partial charge >= 0.3 is 0 Å². The molecule has 4 aromatic rings. The predicted molar refractivity (Wildman–Crippen MR) is 124 cm³/mol. The van der Waals surface area contributed by atoms with E-state index >= 15 is 0 Å². The van der Waals surface area contributed by atoms with Gasteiger partial charge in [0.25, 0.3) is 6.43 Å². The Labute approximate surface area is 180 Å². The van der Waals surface area contributed by atoms with Crippen molar-refractivity contribution in [3.05, 3.63) is 130 Å². The molecule has 0 radical (unpaired) electrons. The summed E-state index contributed by atoms with van der Waals surface area (Å²) in [5, 5.41) is 1.55. The topological polar surface area (TPSA) is 0 Å². The van der Waals surface area contributed by atoms with Gasteiger partial charge in [-0.05, 0) is 62.7 Å². The fourth-order valence-corrected chi connectivity index (χ4v) is 4.67. The highest BCUT2D eigenvalue weighted by molar-refractivity contribution is 5.83. The average Bonchev–Trinajstić information content (AvgIpc) is 3.19. The van der Waals surface area contributed by atoms with Gasteiger partial charge in [0.2, 0.25) is 0 Å². The summed E-state index contributed by atoms with van der Waals surface area (Å²) < 4.78 is 28.2. The number of rotatable bonds is 3. The molecule has 1 aliphatic rings. The van der Waals surface area contributed by atoms with Crippen molar-refractivity contribution in [1.29, 1.82) is 0 Å². The van der Waals surface area contributed by atoms with E-state index in [-0.39, 0.29) is 5.57 Å². The molecule has 0 nitrogen and oxygen atoms in total. The average molecular weight is 408 g/mol. The Morgan fingerprint density at radius 2 is 1.26 bits per heavy atom. The molecule has 4 aromatic carbocycles. The standard InChI is InChI=1S/C29H22F2/c1-19(29(30)31)27-25(17-16-24-23-15-9-8-14-22(23)18-26(24)27)28(20-10-4-2-5-11-20)21-12-6-3-7-13-21/h2-17,29H,18H2,1H3. The van der Waals surface area contributed by atoms with Crippen molar-refractivity contribution in [3.63, 3.8) is 0 Å². The minimum Gasteiger partial charge on any atom is -0.205 e. The SMILES string of the molecule is CC(=c1c2c(ccc1=C(c1ccccc1)c1ccccc1)-c1ccccc1C2)C(F)F. The van der Waals surface area contributed by atoms with Gasteiger partial charge in [0.1, 0.15) is 0 Å². The summed E-state index contributed by atoms with van der Waals surface area (Å²) in [5.41, 5.74) is 7.56. The molecule has 0 spiro atoms. The van der Waals surface area contributed by atoms with Gasteiger partial charge in [-0.15, -0.1) is 0 Å². The largest absolute Gasteiger partial charge is 0.260 e. The lowest BCUT2D eigenvalue weighted by Crippen LogP contribution is -2.34. The van der Waals surface area contributed by atoms with Crippen molar-refractivity contribution in [2.24, 2.45) is 0 Å². The first-order valence-electron chi connectivity index (χ1n) is 10.5. The van der Waals surface area contributed by atoms with Gasteiger partial charge in [-0.2, -0.15) is 0 Å². The zero-order chi connectivity index (χ0) is 21.4. The molecule has 0 aliphatic heterocycles. The van der Waals surface area contributed by atoms with E-state index in [1.807, 2.05) is 78.9 Å². The van der Waals surface area contributed by atoms with E-state index in [1.54, 1.807) is 6.92 Å². The first-order chi connectivity index (χ1) is 15.1. The van der Waals surface area contributed by atoms with Gasteiger partial charge in [-0.3, -0.25) is 0 Å². The van der Waals surface area contributed by atoms with Crippen LogP contribution in [0.25, 0.3) is 22.3 Å². The first kappa shape index (κ1) is 19.4. The Balaban J connectivity index is 1.97. The Kier molecular flexibility index (Phi) is 4.99. The van der Waals surface area contributed by atoms with Crippen LogP contribution in [0.1, 0.15) is 29.2 Å². The van der Waals surface area contributed by atoms with Gasteiger partial charge in [-0.25, -0.2) is 8.78 Å². The van der Waals surface area contributed by atoms with Crippen LogP contribution in [-0.2, 0) is 6.42 Å². The van der Waals surface area contributed by atoms with Crippen LogP contribution in [0.3, 0.4) is 0 Å². The van der Waals surface area contributed by atoms with Crippen LogP contribution in [0.5, 0.6) is 0 Å². The minimum absolute atomic E-state index is 0.129. The number of benzene rings is 4. The van der Waals surface area contributed by atoms with Crippen molar-refractivity contribution < 1.29 is 8.78 Å². The second-order valence-electron chi connectivity index (χ2n) is 7.94. The second-order valence-corrected chi connectivity index (χ2v) is 7.94. The Bertz CT molecular complexity index is 1330. The Morgan fingerprint density at radius 3 is 1.87 bits per heavy atom. The maximum Gasteiger partial charge on any atom is 0.260 e. The van der Waals surface area contributed by atoms with Crippen LogP contribution in [0.2, 0.25) is 0 Å². The molecular weight excluding hydrogens is 386 g/mol. The van der Waals surface area contributed by atoms with Gasteiger partial charge in [0, 0.05) is 5.57 Å². The summed E-state index contributed by atoms with van der Waals surface area (Å²) in [7, 11) is 0. The quantitative estimate of drug-likeness (QED) is 0.347. The van der Waals surface area contributed by atoms with Crippen LogP contribution < -0.4 is 10.4 Å². The van der Waals surface area contributed by atoms with Crippen LogP contribution in [0.15, 0.2) is 97.1 Å². The zero-order valence-electron chi connectivity index (χ0n) is 17.3. The molecule has 0 fully saturated rings. The Morgan fingerprint density at radius 1 is 0.677 bits per heavy atom. The van der Waals surface area contributed by atoms with Gasteiger partial charge in [0.15, 0.2) is 0 Å². The molecule has 0 saturated carbocycles. The van der Waals surface area contributed by atoms with Crippen molar-refractivity contribution >= 4 is 11.1 Å². The molecule has 0 amide bonds. The second kappa shape index (κ2) is 7.96. The lowest BCUT2D eigenvalue weighted by atomic mass is 9.91. The van der Waals surface area contributed by atoms with Gasteiger partial charge < -0.3 is 0 Å². The van der Waals surface area contributed by atoms with Gasteiger partial charge in [-0.1, -0.05) is 97.1 Å². The summed E-state index contributed by atoms with van der Waals surface area (Å²) in [5.74, 6) is 0. The summed E-state index contributed by atoms with van der Waals surface area (Å²) in [6.45, 7) is 1.57. The fourth-order valence-electron chi connectivity index (χ4n) is 4.67. The highest BCUT2D eigenvalue weighted by Crippen LogP contribution is 2.34. The molecule has 5 rings (SSSR count). The third kappa shape index (κ3) is 3.38. The number of halogens is 2. The molecule has 0 aromatic heterocycles. The van der Waals surface area contributed by atoms with Crippen LogP contribution >= 0.6 is 0 Å². The molecule has 0 heterocycles. The van der Waals surface area contributed by atoms with Crippen molar-refractivity contribution in [1.82, 2.24) is 0 Å². The summed E-state index contributed by atoms with van der Waals surface area (Å²) >= 11 is 0. The monoisotopic (exact) mass is 408 g/mol. The molecule has 152 valence electrons. The smallest absolute Gasteiger partial charge is 0.205 e. The Hall–Kier alpha value is -3.52. The fraction of sp³-hybridized carbons (Fsp3) is 0.103. The molecule has 2 heteroatoms. The van der Waals surface area contributed by atoms with Crippen LogP contribution in [-0.4, -0.2) is 6.43 Å². The van der Waals surface area contributed by atoms with E-state index < -0.39 is 6.43 Å². The maximum absolute atomic E-state index is 14.1. The number of fused-ring (bicyclic) bond motifs is 3. The summed E-state index contributed by atoms with van der Waals surface area (Å²) in [4.78, 5) is 0. The van der Waals surface area contributed by atoms with Crippen LogP contribution in [0.4, 0.5) is 8.78 Å². The van der Waals surface area contributed by atoms with E-state index in [0.29, 0.717) is 11.6 Å². The summed E-state index contributed by atoms with van der Waals surface area (Å²) in [6.07, 6.45) is -1.84. The molecule has 1 aliphatic carbocycles. The number of hydrogen-bond acceptors (Lipinski definition) is 0. The molecule has 0 bridgehead atoms. The van der Waals surface area contributed by atoms with E-state index in [9.17, 15) is 8.78 Å². The molecule has 0 unspecified atom stereocenters. The minimum atomic E-state index is -2.51. The van der Waals surface area contributed by atoms with Crippen molar-refractivity contribution in [2.75, 3.05) is 0 Å². The highest BCUT2D eigenvalue weighted by atomic mass is 19.3. The highest BCUT2D eigenvalue weighted by Gasteiger charge is 2.22. The van der Waals surface area contributed by atoms with Gasteiger partial charge in [0.05, 0.1) is 0 Å². The molecule has 0 N–H and O–H groups in total. The third-order valence-electron chi connectivity index (χ3n) is 6.10. The van der Waals surface area contributed by atoms with E-state index in [1.165, 1.54) is 5.56 Å². The molecule has 0 saturated heterocycles. The number of hydrogen-bond donors (Lipinski definition) is 0. The summed E-state index contributed by atoms with van der Waals surface area (Å²) in [6, 6.07) is 32.4. The van der Waals surface area contributed by atoms with E-state index in [2.05, 4.69) is 18.2 Å². The maximum atomic E-state index is 14.1. The van der Waals surface area contributed by atoms with Crippen LogP contribution in [0, 0.1) is 0 Å². The normalized spacial score (nSPS) is 13.0. The van der Waals surface area contributed by atoms with E-state index in [4.69, 9.17) is 0 Å². The number of alkyl halides is 2. The lowest BCUT2D eigenvalue weighted by Gasteiger charge is -2.13. The lowest BCUT2D eigenvalue weighted by molar-refractivity contribution is 0.212. The molecule has 0 atom stereocenters.